The lowest BCUT2D eigenvalue weighted by Crippen LogP contribution is -2.15. The van der Waals surface area contributed by atoms with Crippen molar-refractivity contribution in [2.45, 2.75) is 20.0 Å². The van der Waals surface area contributed by atoms with E-state index in [9.17, 15) is 14.0 Å². The summed E-state index contributed by atoms with van der Waals surface area (Å²) in [6.07, 6.45) is 2.26. The van der Waals surface area contributed by atoms with Gasteiger partial charge in [0.25, 0.3) is 5.91 Å². The second-order valence-corrected chi connectivity index (χ2v) is 6.26. The maximum atomic E-state index is 13.2. The van der Waals surface area contributed by atoms with E-state index in [4.69, 9.17) is 9.47 Å². The van der Waals surface area contributed by atoms with Gasteiger partial charge in [0.2, 0.25) is 5.56 Å². The molecule has 0 saturated carbocycles. The molecule has 1 heterocycles. The average molecular weight is 396 g/mol. The number of nitrogens with one attached hydrogen (secondary N) is 2. The quantitative estimate of drug-likeness (QED) is 0.579. The Hall–Kier alpha value is -3.61. The van der Waals surface area contributed by atoms with Crippen LogP contribution < -0.4 is 20.3 Å². The maximum absolute atomic E-state index is 13.2. The molecule has 1 amide bonds. The highest BCUT2D eigenvalue weighted by Gasteiger charge is 2.16. The first kappa shape index (κ1) is 20.1. The molecule has 2 aromatic carbocycles. The third kappa shape index (κ3) is 5.22. The number of halogens is 1. The molecule has 1 aromatic heterocycles. The summed E-state index contributed by atoms with van der Waals surface area (Å²) < 4.78 is 24.8. The number of alkyl halides is 1. The Morgan fingerprint density at radius 2 is 1.86 bits per heavy atom. The zero-order valence-corrected chi connectivity index (χ0v) is 15.9. The lowest BCUT2D eigenvalue weighted by molar-refractivity contribution is 0.102. The Labute approximate surface area is 167 Å². The smallest absolute Gasteiger partial charge is 0.259 e. The molecule has 0 aliphatic heterocycles. The number of ether oxygens (including phenoxy) is 2. The normalized spacial score (nSPS) is 10.4. The van der Waals surface area contributed by atoms with Gasteiger partial charge in [0.15, 0.2) is 11.5 Å². The van der Waals surface area contributed by atoms with E-state index in [1.807, 2.05) is 13.0 Å². The number of carbonyl (C=O) groups is 1. The van der Waals surface area contributed by atoms with Crippen LogP contribution in [-0.4, -0.2) is 17.5 Å². The molecule has 0 saturated heterocycles. The highest BCUT2D eigenvalue weighted by molar-refractivity contribution is 6.06. The van der Waals surface area contributed by atoms with E-state index in [1.54, 1.807) is 30.3 Å². The molecule has 6 nitrogen and oxygen atoms in total. The number of hydrogen-bond acceptors (Lipinski definition) is 4. The summed E-state index contributed by atoms with van der Waals surface area (Å²) in [6.45, 7) is 1.80. The number of rotatable bonds is 8. The first-order valence-electron chi connectivity index (χ1n) is 9.19. The van der Waals surface area contributed by atoms with E-state index >= 15 is 0 Å². The van der Waals surface area contributed by atoms with E-state index in [2.05, 4.69) is 10.3 Å². The van der Waals surface area contributed by atoms with Crippen molar-refractivity contribution in [3.8, 4) is 17.2 Å². The van der Waals surface area contributed by atoms with E-state index < -0.39 is 12.6 Å². The van der Waals surface area contributed by atoms with E-state index in [-0.39, 0.29) is 16.9 Å². The molecule has 3 aromatic rings. The van der Waals surface area contributed by atoms with Gasteiger partial charge in [-0.15, -0.1) is 0 Å². The van der Waals surface area contributed by atoms with Gasteiger partial charge in [-0.05, 0) is 42.3 Å². The van der Waals surface area contributed by atoms with Gasteiger partial charge >= 0.3 is 0 Å². The largest absolute Gasteiger partial charge is 0.490 e. The fourth-order valence-corrected chi connectivity index (χ4v) is 2.63. The van der Waals surface area contributed by atoms with Crippen LogP contribution >= 0.6 is 0 Å². The fraction of sp³-hybridized carbons (Fsp3) is 0.182. The van der Waals surface area contributed by atoms with Gasteiger partial charge in [0.05, 0.1) is 12.2 Å². The molecular weight excluding hydrogens is 375 g/mol. The molecule has 0 aliphatic carbocycles. The van der Waals surface area contributed by atoms with Crippen LogP contribution in [0, 0.1) is 0 Å². The van der Waals surface area contributed by atoms with Gasteiger partial charge in [0, 0.05) is 18.0 Å². The lowest BCUT2D eigenvalue weighted by atomic mass is 10.1. The molecule has 7 heteroatoms. The molecule has 3 rings (SSSR count). The molecule has 0 unspecified atom stereocenters. The van der Waals surface area contributed by atoms with Crippen molar-refractivity contribution < 1.29 is 18.7 Å². The highest BCUT2D eigenvalue weighted by Crippen LogP contribution is 2.34. The number of carbonyl (C=O) groups excluding carboxylic acids is 1. The number of aromatic nitrogens is 1. The minimum absolute atomic E-state index is 0.144. The zero-order valence-electron chi connectivity index (χ0n) is 15.9. The van der Waals surface area contributed by atoms with E-state index in [0.717, 1.165) is 6.42 Å². The van der Waals surface area contributed by atoms with Crippen molar-refractivity contribution >= 4 is 11.6 Å². The number of H-pyrrole nitrogens is 1. The van der Waals surface area contributed by atoms with Gasteiger partial charge in [0.1, 0.15) is 12.4 Å². The summed E-state index contributed by atoms with van der Waals surface area (Å²) in [6, 6.07) is 14.4. The highest BCUT2D eigenvalue weighted by atomic mass is 19.1. The molecule has 0 radical (unpaired) electrons. The monoisotopic (exact) mass is 396 g/mol. The Morgan fingerprint density at radius 1 is 1.07 bits per heavy atom. The number of hydrogen-bond donors (Lipinski definition) is 2. The predicted molar refractivity (Wildman–Crippen MR) is 109 cm³/mol. The van der Waals surface area contributed by atoms with Crippen LogP contribution in [0.1, 0.15) is 29.3 Å². The zero-order chi connectivity index (χ0) is 20.6. The van der Waals surface area contributed by atoms with Crippen molar-refractivity contribution in [3.63, 3.8) is 0 Å². The summed E-state index contributed by atoms with van der Waals surface area (Å²) in [7, 11) is 0. The number of pyridine rings is 1. The number of anilines is 1. The van der Waals surface area contributed by atoms with Crippen molar-refractivity contribution in [1.29, 1.82) is 0 Å². The third-order valence-corrected chi connectivity index (χ3v) is 4.01. The average Bonchev–Trinajstić information content (AvgIpc) is 2.73. The number of aromatic amines is 1. The van der Waals surface area contributed by atoms with Gasteiger partial charge in [-0.3, -0.25) is 9.59 Å². The Balaban J connectivity index is 1.92. The third-order valence-electron chi connectivity index (χ3n) is 4.01. The van der Waals surface area contributed by atoms with Crippen molar-refractivity contribution in [2.24, 2.45) is 0 Å². The minimum atomic E-state index is -0.720. The maximum Gasteiger partial charge on any atom is 0.259 e. The number of benzene rings is 2. The van der Waals surface area contributed by atoms with Gasteiger partial charge in [-0.25, -0.2) is 4.39 Å². The summed E-state index contributed by atoms with van der Waals surface area (Å²) >= 11 is 0. The Kier molecular flexibility index (Phi) is 6.63. The number of amides is 1. The molecule has 150 valence electrons. The minimum Gasteiger partial charge on any atom is -0.490 e. The Morgan fingerprint density at radius 3 is 2.59 bits per heavy atom. The van der Waals surface area contributed by atoms with Crippen LogP contribution in [0.25, 0.3) is 0 Å². The van der Waals surface area contributed by atoms with Crippen molar-refractivity contribution in [1.82, 2.24) is 4.98 Å². The van der Waals surface area contributed by atoms with E-state index in [1.165, 1.54) is 24.4 Å². The Bertz CT molecular complexity index is 1050. The van der Waals surface area contributed by atoms with Crippen LogP contribution in [0.5, 0.6) is 17.2 Å². The van der Waals surface area contributed by atoms with Crippen LogP contribution in [0.3, 0.4) is 0 Å². The molecule has 0 spiro atoms. The molecule has 0 fully saturated rings. The molecule has 0 bridgehead atoms. The van der Waals surface area contributed by atoms with Crippen LogP contribution in [0.15, 0.2) is 65.6 Å². The fourth-order valence-electron chi connectivity index (χ4n) is 2.63. The number of para-hydroxylation sites is 2. The van der Waals surface area contributed by atoms with Crippen LogP contribution in [0.2, 0.25) is 0 Å². The predicted octanol–water partition coefficient (Wildman–Crippen LogP) is 4.68. The van der Waals surface area contributed by atoms with Crippen molar-refractivity contribution in [2.75, 3.05) is 11.9 Å². The topological polar surface area (TPSA) is 80.4 Å². The SMILES string of the molecule is CCCOc1ccccc1Oc1ccc(CF)cc1C(=O)Nc1cc[nH]c(=O)c1. The molecule has 2 N–H and O–H groups in total. The second-order valence-electron chi connectivity index (χ2n) is 6.26. The van der Waals surface area contributed by atoms with Gasteiger partial charge < -0.3 is 19.8 Å². The van der Waals surface area contributed by atoms with Gasteiger partial charge in [-0.2, -0.15) is 0 Å². The molecule has 0 atom stereocenters. The van der Waals surface area contributed by atoms with Crippen LogP contribution in [-0.2, 0) is 6.67 Å². The molecule has 29 heavy (non-hydrogen) atoms. The first-order chi connectivity index (χ1) is 14.1. The van der Waals surface area contributed by atoms with Gasteiger partial charge in [-0.1, -0.05) is 25.1 Å². The second kappa shape index (κ2) is 9.54. The standard InChI is InChI=1S/C22H21FN2O4/c1-2-11-28-19-5-3-4-6-20(19)29-18-8-7-15(14-23)12-17(18)22(27)25-16-9-10-24-21(26)13-16/h3-10,12-13H,2,11,14H2,1H3,(H2,24,25,26,27). The van der Waals surface area contributed by atoms with Crippen molar-refractivity contribution in [3.05, 3.63) is 82.3 Å². The molecular formula is C22H21FN2O4. The summed E-state index contributed by atoms with van der Waals surface area (Å²) in [5.41, 5.74) is 0.454. The summed E-state index contributed by atoms with van der Waals surface area (Å²) in [5.74, 6) is 0.717. The lowest BCUT2D eigenvalue weighted by Gasteiger charge is -2.15. The summed E-state index contributed by atoms with van der Waals surface area (Å²) in [4.78, 5) is 26.7. The molecule has 0 aliphatic rings. The van der Waals surface area contributed by atoms with E-state index in [0.29, 0.717) is 29.4 Å². The summed E-state index contributed by atoms with van der Waals surface area (Å²) in [5, 5.41) is 2.63. The van der Waals surface area contributed by atoms with Crippen LogP contribution in [0.4, 0.5) is 10.1 Å². The first-order valence-corrected chi connectivity index (χ1v) is 9.19.